The second-order valence-electron chi connectivity index (χ2n) is 5.12. The molecule has 0 spiro atoms. The number of rotatable bonds is 1. The summed E-state index contributed by atoms with van der Waals surface area (Å²) in [6, 6.07) is 6.54. The Balaban J connectivity index is 2.54. The molecular weight excluding hydrogens is 198 g/mol. The molecule has 0 unspecified atom stereocenters. The van der Waals surface area contributed by atoms with E-state index in [0.29, 0.717) is 0 Å². The van der Waals surface area contributed by atoms with Gasteiger partial charge in [0.25, 0.3) is 0 Å². The Kier molecular flexibility index (Phi) is 2.54. The largest absolute Gasteiger partial charge is 0.288 e. The molecule has 0 N–H and O–H groups in total. The molecule has 0 aliphatic rings. The molecule has 0 atom stereocenters. The molecule has 2 aromatic rings. The van der Waals surface area contributed by atoms with Crippen LogP contribution in [0.3, 0.4) is 0 Å². The lowest BCUT2D eigenvalue weighted by Gasteiger charge is -2.20. The summed E-state index contributed by atoms with van der Waals surface area (Å²) in [7, 11) is 0. The molecule has 84 valence electrons. The van der Waals surface area contributed by atoms with Crippen molar-refractivity contribution in [2.45, 2.75) is 33.1 Å². The van der Waals surface area contributed by atoms with Crippen LogP contribution in [0.15, 0.2) is 30.9 Å². The summed E-state index contributed by atoms with van der Waals surface area (Å²) in [5.41, 5.74) is 3.86. The summed E-state index contributed by atoms with van der Waals surface area (Å²) in [5, 5.41) is 7.69. The van der Waals surface area contributed by atoms with Gasteiger partial charge in [0.1, 0.15) is 12.7 Å². The zero-order valence-corrected chi connectivity index (χ0v) is 10.2. The number of nitrogens with zero attached hydrogens (tertiary/aromatic N) is 3. The van der Waals surface area contributed by atoms with E-state index in [2.05, 4.69) is 56.1 Å². The van der Waals surface area contributed by atoms with Crippen LogP contribution in [0.4, 0.5) is 0 Å². The highest BCUT2D eigenvalue weighted by atomic mass is 15.2. The molecule has 0 fully saturated rings. The van der Waals surface area contributed by atoms with Crippen LogP contribution < -0.4 is 0 Å². The van der Waals surface area contributed by atoms with E-state index in [1.54, 1.807) is 12.7 Å². The minimum atomic E-state index is 0.163. The summed E-state index contributed by atoms with van der Waals surface area (Å²) in [6.07, 6.45) is 3.46. The van der Waals surface area contributed by atoms with Gasteiger partial charge in [0, 0.05) is 0 Å². The van der Waals surface area contributed by atoms with Crippen LogP contribution in [0.25, 0.3) is 5.69 Å². The minimum absolute atomic E-state index is 0.163. The number of hydrogen-bond donors (Lipinski definition) is 0. The highest BCUT2D eigenvalue weighted by Gasteiger charge is 2.15. The molecule has 1 aromatic carbocycles. The van der Waals surface area contributed by atoms with Crippen molar-refractivity contribution in [3.63, 3.8) is 0 Å². The lowest BCUT2D eigenvalue weighted by Crippen LogP contribution is -2.12. The van der Waals surface area contributed by atoms with E-state index < -0.39 is 0 Å². The Morgan fingerprint density at radius 2 is 1.69 bits per heavy atom. The minimum Gasteiger partial charge on any atom is -0.288 e. The summed E-state index contributed by atoms with van der Waals surface area (Å²) in [6.45, 7) is 8.75. The molecule has 0 radical (unpaired) electrons. The van der Waals surface area contributed by atoms with E-state index in [1.807, 2.05) is 4.57 Å². The van der Waals surface area contributed by atoms with Crippen LogP contribution in [0.2, 0.25) is 0 Å². The average Bonchev–Trinajstić information content (AvgIpc) is 2.69. The zero-order chi connectivity index (χ0) is 11.8. The van der Waals surface area contributed by atoms with Crippen LogP contribution >= 0.6 is 0 Å². The Morgan fingerprint density at radius 1 is 1.06 bits per heavy atom. The SMILES string of the molecule is Cc1ccc(C(C)(C)C)cc1-n1cnnc1. The number of aryl methyl sites for hydroxylation is 1. The second-order valence-corrected chi connectivity index (χ2v) is 5.12. The molecule has 2 rings (SSSR count). The van der Waals surface area contributed by atoms with E-state index in [1.165, 1.54) is 11.1 Å². The molecular formula is C13H17N3. The molecule has 1 heterocycles. The van der Waals surface area contributed by atoms with E-state index in [9.17, 15) is 0 Å². The number of benzene rings is 1. The zero-order valence-electron chi connectivity index (χ0n) is 10.2. The van der Waals surface area contributed by atoms with Gasteiger partial charge in [-0.2, -0.15) is 0 Å². The lowest BCUT2D eigenvalue weighted by molar-refractivity contribution is 0.589. The number of hydrogen-bond acceptors (Lipinski definition) is 2. The van der Waals surface area contributed by atoms with E-state index in [4.69, 9.17) is 0 Å². The van der Waals surface area contributed by atoms with Crippen molar-refractivity contribution in [3.8, 4) is 5.69 Å². The maximum atomic E-state index is 3.84. The fraction of sp³-hybridized carbons (Fsp3) is 0.385. The molecule has 0 amide bonds. The van der Waals surface area contributed by atoms with Gasteiger partial charge in [-0.25, -0.2) is 0 Å². The van der Waals surface area contributed by atoms with Gasteiger partial charge < -0.3 is 0 Å². The highest BCUT2D eigenvalue weighted by Crippen LogP contribution is 2.25. The molecule has 0 aliphatic heterocycles. The van der Waals surface area contributed by atoms with E-state index in [0.717, 1.165) is 5.69 Å². The van der Waals surface area contributed by atoms with Crippen molar-refractivity contribution < 1.29 is 0 Å². The van der Waals surface area contributed by atoms with Crippen molar-refractivity contribution in [1.29, 1.82) is 0 Å². The Labute approximate surface area is 96.1 Å². The lowest BCUT2D eigenvalue weighted by atomic mass is 9.86. The van der Waals surface area contributed by atoms with Gasteiger partial charge in [0.2, 0.25) is 0 Å². The van der Waals surface area contributed by atoms with Crippen LogP contribution in [-0.4, -0.2) is 14.8 Å². The summed E-state index contributed by atoms with van der Waals surface area (Å²) < 4.78 is 1.95. The van der Waals surface area contributed by atoms with Crippen molar-refractivity contribution in [2.24, 2.45) is 0 Å². The summed E-state index contributed by atoms with van der Waals surface area (Å²) in [5.74, 6) is 0. The molecule has 3 heteroatoms. The van der Waals surface area contributed by atoms with Crippen molar-refractivity contribution in [3.05, 3.63) is 42.0 Å². The quantitative estimate of drug-likeness (QED) is 0.732. The first kappa shape index (κ1) is 10.9. The smallest absolute Gasteiger partial charge is 0.123 e. The van der Waals surface area contributed by atoms with Crippen LogP contribution in [0.5, 0.6) is 0 Å². The first-order valence-corrected chi connectivity index (χ1v) is 5.44. The van der Waals surface area contributed by atoms with Crippen molar-refractivity contribution in [1.82, 2.24) is 14.8 Å². The number of aromatic nitrogens is 3. The second kappa shape index (κ2) is 3.74. The maximum Gasteiger partial charge on any atom is 0.123 e. The molecule has 0 aliphatic carbocycles. The third-order valence-corrected chi connectivity index (χ3v) is 2.77. The van der Waals surface area contributed by atoms with Crippen molar-refractivity contribution >= 4 is 0 Å². The van der Waals surface area contributed by atoms with Crippen LogP contribution in [0.1, 0.15) is 31.9 Å². The fourth-order valence-electron chi connectivity index (χ4n) is 1.68. The first-order chi connectivity index (χ1) is 7.48. The van der Waals surface area contributed by atoms with Crippen LogP contribution in [0, 0.1) is 6.92 Å². The topological polar surface area (TPSA) is 30.7 Å². The Bertz CT molecular complexity index is 478. The van der Waals surface area contributed by atoms with Gasteiger partial charge in [0.15, 0.2) is 0 Å². The molecule has 0 bridgehead atoms. The van der Waals surface area contributed by atoms with E-state index in [-0.39, 0.29) is 5.41 Å². The average molecular weight is 215 g/mol. The molecule has 1 aromatic heterocycles. The monoisotopic (exact) mass is 215 g/mol. The fourth-order valence-corrected chi connectivity index (χ4v) is 1.68. The van der Waals surface area contributed by atoms with Gasteiger partial charge in [-0.3, -0.25) is 4.57 Å². The summed E-state index contributed by atoms with van der Waals surface area (Å²) >= 11 is 0. The standard InChI is InChI=1S/C13H17N3/c1-10-5-6-11(13(2,3)4)7-12(10)16-8-14-15-9-16/h5-9H,1-4H3. The highest BCUT2D eigenvalue weighted by molar-refractivity contribution is 5.44. The third kappa shape index (κ3) is 1.98. The van der Waals surface area contributed by atoms with Gasteiger partial charge in [-0.1, -0.05) is 32.9 Å². The van der Waals surface area contributed by atoms with Gasteiger partial charge in [0.05, 0.1) is 5.69 Å². The van der Waals surface area contributed by atoms with E-state index >= 15 is 0 Å². The molecule has 0 saturated heterocycles. The van der Waals surface area contributed by atoms with Gasteiger partial charge in [-0.15, -0.1) is 10.2 Å². The Hall–Kier alpha value is -1.64. The predicted octanol–water partition coefficient (Wildman–Crippen LogP) is 2.87. The summed E-state index contributed by atoms with van der Waals surface area (Å²) in [4.78, 5) is 0. The Morgan fingerprint density at radius 3 is 2.25 bits per heavy atom. The normalized spacial score (nSPS) is 11.8. The molecule has 3 nitrogen and oxygen atoms in total. The van der Waals surface area contributed by atoms with Crippen molar-refractivity contribution in [2.75, 3.05) is 0 Å². The predicted molar refractivity (Wildman–Crippen MR) is 64.8 cm³/mol. The maximum absolute atomic E-state index is 3.84. The van der Waals surface area contributed by atoms with Gasteiger partial charge >= 0.3 is 0 Å². The van der Waals surface area contributed by atoms with Gasteiger partial charge in [-0.05, 0) is 29.5 Å². The molecule has 0 saturated carbocycles. The molecule has 16 heavy (non-hydrogen) atoms. The first-order valence-electron chi connectivity index (χ1n) is 5.44. The van der Waals surface area contributed by atoms with Crippen LogP contribution in [-0.2, 0) is 5.41 Å². The third-order valence-electron chi connectivity index (χ3n) is 2.77.